The Kier molecular flexibility index (Phi) is 4.20. The molecule has 0 amide bonds. The van der Waals surface area contributed by atoms with Crippen molar-refractivity contribution >= 4 is 0 Å². The summed E-state index contributed by atoms with van der Waals surface area (Å²) in [5, 5.41) is 3.69. The summed E-state index contributed by atoms with van der Waals surface area (Å²) in [7, 11) is 1.71. The summed E-state index contributed by atoms with van der Waals surface area (Å²) in [5.41, 5.74) is 2.67. The molecular weight excluding hydrogens is 260 g/mol. The van der Waals surface area contributed by atoms with Crippen molar-refractivity contribution in [3.63, 3.8) is 0 Å². The zero-order valence-corrected chi connectivity index (χ0v) is 12.6. The lowest BCUT2D eigenvalue weighted by Crippen LogP contribution is -2.41. The van der Waals surface area contributed by atoms with E-state index in [1.165, 1.54) is 24.0 Å². The summed E-state index contributed by atoms with van der Waals surface area (Å²) in [6.45, 7) is 2.21. The van der Waals surface area contributed by atoms with Crippen molar-refractivity contribution in [1.82, 2.24) is 10.3 Å². The number of hydrogen-bond donors (Lipinski definition) is 1. The third-order valence-corrected chi connectivity index (χ3v) is 4.40. The van der Waals surface area contributed by atoms with Crippen molar-refractivity contribution < 1.29 is 4.74 Å². The normalized spacial score (nSPS) is 22.4. The molecule has 0 saturated heterocycles. The molecule has 1 aliphatic carbocycles. The monoisotopic (exact) mass is 282 g/mol. The van der Waals surface area contributed by atoms with E-state index < -0.39 is 0 Å². The number of pyridine rings is 1. The molecule has 1 aromatic carbocycles. The van der Waals surface area contributed by atoms with Crippen LogP contribution in [0.25, 0.3) is 0 Å². The lowest BCUT2D eigenvalue weighted by atomic mass is 9.75. The molecule has 1 aromatic heterocycles. The van der Waals surface area contributed by atoms with Gasteiger partial charge < -0.3 is 10.1 Å². The van der Waals surface area contributed by atoms with Crippen molar-refractivity contribution in [2.24, 2.45) is 0 Å². The first kappa shape index (κ1) is 14.1. The van der Waals surface area contributed by atoms with E-state index >= 15 is 0 Å². The van der Waals surface area contributed by atoms with E-state index in [0.29, 0.717) is 18.0 Å². The highest BCUT2D eigenvalue weighted by Gasteiger charge is 2.31. The Hall–Kier alpha value is -1.87. The molecule has 1 heterocycles. The molecule has 1 N–H and O–H groups in total. The van der Waals surface area contributed by atoms with Gasteiger partial charge >= 0.3 is 0 Å². The van der Waals surface area contributed by atoms with Crippen LogP contribution in [0.2, 0.25) is 0 Å². The summed E-state index contributed by atoms with van der Waals surface area (Å²) in [6, 6.07) is 13.6. The van der Waals surface area contributed by atoms with Crippen LogP contribution in [-0.4, -0.2) is 18.1 Å². The fourth-order valence-electron chi connectivity index (χ4n) is 2.98. The van der Waals surface area contributed by atoms with Gasteiger partial charge in [-0.05, 0) is 55.0 Å². The molecule has 2 aromatic rings. The van der Waals surface area contributed by atoms with E-state index in [1.54, 1.807) is 7.11 Å². The topological polar surface area (TPSA) is 34.1 Å². The predicted molar refractivity (Wildman–Crippen MR) is 84.5 cm³/mol. The molecule has 0 spiro atoms. The summed E-state index contributed by atoms with van der Waals surface area (Å²) in [5.74, 6) is 1.60. The first-order chi connectivity index (χ1) is 10.3. The minimum Gasteiger partial charge on any atom is -0.497 e. The van der Waals surface area contributed by atoms with Gasteiger partial charge in [-0.2, -0.15) is 0 Å². The van der Waals surface area contributed by atoms with Crippen LogP contribution in [0.4, 0.5) is 0 Å². The molecular formula is C18H22N2O. The molecule has 3 rings (SSSR count). The predicted octanol–water partition coefficient (Wildman–Crippen LogP) is 3.69. The van der Waals surface area contributed by atoms with Gasteiger partial charge in [0, 0.05) is 24.5 Å². The SMILES string of the molecule is COc1ccc(C2CC(NC(C)c3cccnc3)C2)cc1. The Balaban J connectivity index is 1.51. The molecule has 1 aliphatic rings. The number of rotatable bonds is 5. The molecule has 0 bridgehead atoms. The van der Waals surface area contributed by atoms with Crippen LogP contribution in [0.3, 0.4) is 0 Å². The van der Waals surface area contributed by atoms with E-state index in [2.05, 4.69) is 35.4 Å². The average molecular weight is 282 g/mol. The van der Waals surface area contributed by atoms with E-state index in [1.807, 2.05) is 30.6 Å². The standard InChI is InChI=1S/C18H22N2O/c1-13(15-4-3-9-19-12-15)20-17-10-16(11-17)14-5-7-18(21-2)8-6-14/h3-9,12-13,16-17,20H,10-11H2,1-2H3. The Labute approximate surface area is 126 Å². The van der Waals surface area contributed by atoms with Gasteiger partial charge in [0.25, 0.3) is 0 Å². The fourth-order valence-corrected chi connectivity index (χ4v) is 2.98. The fraction of sp³-hybridized carbons (Fsp3) is 0.389. The molecule has 3 nitrogen and oxygen atoms in total. The van der Waals surface area contributed by atoms with E-state index in [-0.39, 0.29) is 0 Å². The van der Waals surface area contributed by atoms with Gasteiger partial charge in [-0.15, -0.1) is 0 Å². The quantitative estimate of drug-likeness (QED) is 0.908. The number of nitrogens with one attached hydrogen (secondary N) is 1. The molecule has 1 unspecified atom stereocenters. The van der Waals surface area contributed by atoms with Gasteiger partial charge in [0.05, 0.1) is 7.11 Å². The third kappa shape index (κ3) is 3.24. The molecule has 1 saturated carbocycles. The van der Waals surface area contributed by atoms with Gasteiger partial charge in [0.15, 0.2) is 0 Å². The number of benzene rings is 1. The van der Waals surface area contributed by atoms with E-state index in [4.69, 9.17) is 4.74 Å². The number of nitrogens with zero attached hydrogens (tertiary/aromatic N) is 1. The minimum absolute atomic E-state index is 0.362. The molecule has 21 heavy (non-hydrogen) atoms. The van der Waals surface area contributed by atoms with E-state index in [9.17, 15) is 0 Å². The number of methoxy groups -OCH3 is 1. The van der Waals surface area contributed by atoms with Gasteiger partial charge in [-0.3, -0.25) is 4.98 Å². The van der Waals surface area contributed by atoms with Crippen LogP contribution >= 0.6 is 0 Å². The van der Waals surface area contributed by atoms with Crippen LogP contribution < -0.4 is 10.1 Å². The van der Waals surface area contributed by atoms with Gasteiger partial charge in [-0.1, -0.05) is 18.2 Å². The number of ether oxygens (including phenoxy) is 1. The zero-order chi connectivity index (χ0) is 14.7. The molecule has 0 radical (unpaired) electrons. The summed E-state index contributed by atoms with van der Waals surface area (Å²) in [4.78, 5) is 4.18. The van der Waals surface area contributed by atoms with Gasteiger partial charge in [0.2, 0.25) is 0 Å². The molecule has 1 atom stereocenters. The summed E-state index contributed by atoms with van der Waals surface area (Å²) < 4.78 is 5.21. The van der Waals surface area contributed by atoms with Crippen LogP contribution in [0.5, 0.6) is 5.75 Å². The first-order valence-electron chi connectivity index (χ1n) is 7.56. The summed E-state index contributed by atoms with van der Waals surface area (Å²) in [6.07, 6.45) is 6.17. The lowest BCUT2D eigenvalue weighted by Gasteiger charge is -2.38. The number of aromatic nitrogens is 1. The Morgan fingerprint density at radius 3 is 2.57 bits per heavy atom. The van der Waals surface area contributed by atoms with Crippen LogP contribution in [0.15, 0.2) is 48.8 Å². The Bertz CT molecular complexity index is 562. The average Bonchev–Trinajstić information content (AvgIpc) is 2.51. The smallest absolute Gasteiger partial charge is 0.118 e. The highest BCUT2D eigenvalue weighted by molar-refractivity contribution is 5.31. The van der Waals surface area contributed by atoms with Gasteiger partial charge in [0.1, 0.15) is 5.75 Å². The third-order valence-electron chi connectivity index (χ3n) is 4.40. The first-order valence-corrected chi connectivity index (χ1v) is 7.56. The van der Waals surface area contributed by atoms with Crippen molar-refractivity contribution in [3.05, 3.63) is 59.9 Å². The van der Waals surface area contributed by atoms with Crippen LogP contribution in [-0.2, 0) is 0 Å². The lowest BCUT2D eigenvalue weighted by molar-refractivity contribution is 0.270. The number of hydrogen-bond acceptors (Lipinski definition) is 3. The zero-order valence-electron chi connectivity index (χ0n) is 12.6. The molecule has 1 fully saturated rings. The van der Waals surface area contributed by atoms with Gasteiger partial charge in [-0.25, -0.2) is 0 Å². The maximum absolute atomic E-state index is 5.21. The summed E-state index contributed by atoms with van der Waals surface area (Å²) >= 11 is 0. The van der Waals surface area contributed by atoms with Crippen LogP contribution in [0.1, 0.15) is 42.9 Å². The van der Waals surface area contributed by atoms with Crippen molar-refractivity contribution in [2.45, 2.75) is 37.8 Å². The largest absolute Gasteiger partial charge is 0.497 e. The van der Waals surface area contributed by atoms with E-state index in [0.717, 1.165) is 5.75 Å². The molecule has 3 heteroatoms. The Morgan fingerprint density at radius 1 is 1.19 bits per heavy atom. The maximum atomic E-state index is 5.21. The molecule has 0 aliphatic heterocycles. The Morgan fingerprint density at radius 2 is 1.95 bits per heavy atom. The second-order valence-electron chi connectivity index (χ2n) is 5.81. The second-order valence-corrected chi connectivity index (χ2v) is 5.81. The van der Waals surface area contributed by atoms with Crippen molar-refractivity contribution in [3.8, 4) is 5.75 Å². The molecule has 110 valence electrons. The maximum Gasteiger partial charge on any atom is 0.118 e. The highest BCUT2D eigenvalue weighted by Crippen LogP contribution is 2.38. The van der Waals surface area contributed by atoms with Crippen molar-refractivity contribution in [1.29, 1.82) is 0 Å². The van der Waals surface area contributed by atoms with Crippen LogP contribution in [0, 0.1) is 0 Å². The second kappa shape index (κ2) is 6.27. The van der Waals surface area contributed by atoms with Crippen molar-refractivity contribution in [2.75, 3.05) is 7.11 Å². The highest BCUT2D eigenvalue weighted by atomic mass is 16.5. The minimum atomic E-state index is 0.362.